The molecule has 0 amide bonds. The number of aryl methyl sites for hydroxylation is 1. The number of thiazole rings is 1. The second kappa shape index (κ2) is 9.59. The van der Waals surface area contributed by atoms with E-state index >= 15 is 0 Å². The van der Waals surface area contributed by atoms with Gasteiger partial charge in [0.25, 0.3) is 5.56 Å². The van der Waals surface area contributed by atoms with Crippen LogP contribution < -0.4 is 14.9 Å². The van der Waals surface area contributed by atoms with E-state index in [-0.39, 0.29) is 12.2 Å². The van der Waals surface area contributed by atoms with E-state index in [1.54, 1.807) is 18.4 Å². The second-order valence-electron chi connectivity index (χ2n) is 8.71. The van der Waals surface area contributed by atoms with E-state index in [1.165, 1.54) is 11.3 Å². The smallest absolute Gasteiger partial charge is 0.338 e. The number of carbonyl (C=O) groups is 1. The monoisotopic (exact) mass is 497 g/mol. The van der Waals surface area contributed by atoms with Gasteiger partial charge in [-0.25, -0.2) is 9.79 Å². The summed E-state index contributed by atoms with van der Waals surface area (Å²) in [5.74, 6) is -0.451. The van der Waals surface area contributed by atoms with Crippen molar-refractivity contribution < 1.29 is 9.53 Å². The highest BCUT2D eigenvalue weighted by atomic mass is 32.1. The third-order valence-corrected chi connectivity index (χ3v) is 7.39. The van der Waals surface area contributed by atoms with Gasteiger partial charge in [-0.15, -0.1) is 0 Å². The van der Waals surface area contributed by atoms with Crippen LogP contribution in [0.3, 0.4) is 0 Å². The van der Waals surface area contributed by atoms with Gasteiger partial charge in [-0.3, -0.25) is 9.36 Å². The number of benzene rings is 2. The van der Waals surface area contributed by atoms with Gasteiger partial charge in [0.2, 0.25) is 0 Å². The highest BCUT2D eigenvalue weighted by Crippen LogP contribution is 2.30. The van der Waals surface area contributed by atoms with Gasteiger partial charge < -0.3 is 9.30 Å². The molecule has 4 aromatic rings. The molecule has 0 radical (unpaired) electrons. The molecule has 0 saturated heterocycles. The van der Waals surface area contributed by atoms with Crippen molar-refractivity contribution in [3.63, 3.8) is 0 Å². The summed E-state index contributed by atoms with van der Waals surface area (Å²) in [7, 11) is 0. The summed E-state index contributed by atoms with van der Waals surface area (Å²) >= 11 is 1.34. The predicted octanol–water partition coefficient (Wildman–Crippen LogP) is 4.21. The molecule has 0 spiro atoms. The molecule has 1 aliphatic rings. The van der Waals surface area contributed by atoms with Crippen molar-refractivity contribution in [3.05, 3.63) is 120 Å². The first-order valence-corrected chi connectivity index (χ1v) is 12.7. The number of hydrogen-bond acceptors (Lipinski definition) is 5. The molecular formula is C29H27N3O3S. The first-order chi connectivity index (χ1) is 17.4. The average Bonchev–Trinajstić information content (AvgIpc) is 3.33. The van der Waals surface area contributed by atoms with Gasteiger partial charge in [-0.05, 0) is 63.1 Å². The Hall–Kier alpha value is -3.97. The van der Waals surface area contributed by atoms with Gasteiger partial charge in [0.05, 0.1) is 28.5 Å². The molecule has 7 heteroatoms. The number of ether oxygens (including phenoxy) is 1. The van der Waals surface area contributed by atoms with Gasteiger partial charge in [0.15, 0.2) is 4.80 Å². The predicted molar refractivity (Wildman–Crippen MR) is 142 cm³/mol. The van der Waals surface area contributed by atoms with Crippen LogP contribution in [0.25, 0.3) is 11.8 Å². The average molecular weight is 498 g/mol. The summed E-state index contributed by atoms with van der Waals surface area (Å²) in [6.07, 6.45) is 1.93. The number of carbonyl (C=O) groups excluding carboxylic acids is 1. The molecule has 1 unspecified atom stereocenters. The molecule has 2 aromatic heterocycles. The normalized spacial score (nSPS) is 15.6. The lowest BCUT2D eigenvalue weighted by Crippen LogP contribution is -2.39. The van der Waals surface area contributed by atoms with Crippen LogP contribution in [0.2, 0.25) is 0 Å². The Kier molecular flexibility index (Phi) is 6.33. The molecule has 6 nitrogen and oxygen atoms in total. The molecular weight excluding hydrogens is 470 g/mol. The topological polar surface area (TPSA) is 65.6 Å². The highest BCUT2D eigenvalue weighted by Gasteiger charge is 2.33. The van der Waals surface area contributed by atoms with Crippen molar-refractivity contribution in [2.24, 2.45) is 4.99 Å². The molecule has 2 aromatic carbocycles. The van der Waals surface area contributed by atoms with E-state index in [1.807, 2.05) is 54.6 Å². The maximum Gasteiger partial charge on any atom is 0.338 e. The number of fused-ring (bicyclic) bond motifs is 1. The van der Waals surface area contributed by atoms with Crippen LogP contribution >= 0.6 is 11.3 Å². The Labute approximate surface area is 213 Å². The number of esters is 1. The van der Waals surface area contributed by atoms with E-state index in [0.717, 1.165) is 28.2 Å². The van der Waals surface area contributed by atoms with Crippen LogP contribution in [-0.4, -0.2) is 21.7 Å². The molecule has 0 bridgehead atoms. The minimum absolute atomic E-state index is 0.175. The van der Waals surface area contributed by atoms with E-state index in [0.29, 0.717) is 20.6 Å². The summed E-state index contributed by atoms with van der Waals surface area (Å²) in [6.45, 7) is 7.93. The lowest BCUT2D eigenvalue weighted by Gasteiger charge is -2.24. The van der Waals surface area contributed by atoms with Crippen LogP contribution in [0, 0.1) is 13.8 Å². The Morgan fingerprint density at radius 3 is 2.39 bits per heavy atom. The zero-order valence-corrected chi connectivity index (χ0v) is 21.5. The first kappa shape index (κ1) is 23.8. The van der Waals surface area contributed by atoms with Crippen molar-refractivity contribution in [3.8, 4) is 5.69 Å². The summed E-state index contributed by atoms with van der Waals surface area (Å²) < 4.78 is 9.73. The van der Waals surface area contributed by atoms with Gasteiger partial charge in [-0.2, -0.15) is 0 Å². The second-order valence-corrected chi connectivity index (χ2v) is 9.72. The number of aromatic nitrogens is 2. The van der Waals surface area contributed by atoms with Crippen LogP contribution in [-0.2, 0) is 9.53 Å². The first-order valence-electron chi connectivity index (χ1n) is 11.9. The standard InChI is InChI=1S/C29H27N3O3S/c1-5-35-28(34)25-19(3)30-29-32(26(25)21-12-8-6-9-13-21)27(33)24(36-29)17-22-16-18(2)31(20(22)4)23-14-10-7-11-15-23/h6-17,26H,5H2,1-4H3/b24-17+. The van der Waals surface area contributed by atoms with E-state index in [9.17, 15) is 9.59 Å². The lowest BCUT2D eigenvalue weighted by atomic mass is 9.96. The molecule has 0 saturated carbocycles. The maximum absolute atomic E-state index is 13.8. The Morgan fingerprint density at radius 2 is 1.72 bits per heavy atom. The minimum Gasteiger partial charge on any atom is -0.463 e. The van der Waals surface area contributed by atoms with Crippen molar-refractivity contribution in [1.29, 1.82) is 0 Å². The van der Waals surface area contributed by atoms with Crippen LogP contribution in [0.15, 0.2) is 87.8 Å². The van der Waals surface area contributed by atoms with Crippen LogP contribution in [0.4, 0.5) is 0 Å². The third-order valence-electron chi connectivity index (χ3n) is 6.40. The van der Waals surface area contributed by atoms with Crippen molar-refractivity contribution in [2.45, 2.75) is 33.7 Å². The number of nitrogens with zero attached hydrogens (tertiary/aromatic N) is 3. The SMILES string of the molecule is CCOC(=O)C1=C(C)N=c2s/c(=C/c3cc(C)n(-c4ccccc4)c3C)c(=O)n2C1c1ccccc1. The molecule has 3 heterocycles. The molecule has 182 valence electrons. The summed E-state index contributed by atoms with van der Waals surface area (Å²) in [6, 6.07) is 21.2. The number of allylic oxidation sites excluding steroid dienone is 1. The zero-order valence-electron chi connectivity index (χ0n) is 20.7. The fraction of sp³-hybridized carbons (Fsp3) is 0.207. The Balaban J connectivity index is 1.70. The van der Waals surface area contributed by atoms with Gasteiger partial charge >= 0.3 is 5.97 Å². The van der Waals surface area contributed by atoms with E-state index < -0.39 is 12.0 Å². The minimum atomic E-state index is -0.597. The van der Waals surface area contributed by atoms with Crippen LogP contribution in [0.1, 0.15) is 42.4 Å². The van der Waals surface area contributed by atoms with Crippen molar-refractivity contribution >= 4 is 23.4 Å². The fourth-order valence-electron chi connectivity index (χ4n) is 4.79. The Morgan fingerprint density at radius 1 is 1.06 bits per heavy atom. The number of rotatable bonds is 5. The number of para-hydroxylation sites is 1. The van der Waals surface area contributed by atoms with E-state index in [4.69, 9.17) is 4.74 Å². The summed E-state index contributed by atoms with van der Waals surface area (Å²) in [5.41, 5.74) is 5.80. The Bertz CT molecular complexity index is 1660. The quantitative estimate of drug-likeness (QED) is 0.388. The van der Waals surface area contributed by atoms with Gasteiger partial charge in [0, 0.05) is 17.1 Å². The van der Waals surface area contributed by atoms with Crippen LogP contribution in [0.5, 0.6) is 0 Å². The molecule has 0 fully saturated rings. The third kappa shape index (κ3) is 4.05. The molecule has 36 heavy (non-hydrogen) atoms. The molecule has 1 atom stereocenters. The molecule has 1 aliphatic heterocycles. The molecule has 5 rings (SSSR count). The zero-order chi connectivity index (χ0) is 25.4. The lowest BCUT2D eigenvalue weighted by molar-refractivity contribution is -0.139. The summed E-state index contributed by atoms with van der Waals surface area (Å²) in [5, 5.41) is 0. The van der Waals surface area contributed by atoms with Gasteiger partial charge in [-0.1, -0.05) is 59.9 Å². The largest absolute Gasteiger partial charge is 0.463 e. The van der Waals surface area contributed by atoms with Crippen molar-refractivity contribution in [1.82, 2.24) is 9.13 Å². The van der Waals surface area contributed by atoms with Gasteiger partial charge in [0.1, 0.15) is 0 Å². The summed E-state index contributed by atoms with van der Waals surface area (Å²) in [4.78, 5) is 32.0. The highest BCUT2D eigenvalue weighted by molar-refractivity contribution is 7.07. The molecule has 0 N–H and O–H groups in total. The van der Waals surface area contributed by atoms with E-state index in [2.05, 4.69) is 41.6 Å². The van der Waals surface area contributed by atoms with Crippen molar-refractivity contribution in [2.75, 3.05) is 6.61 Å². The molecule has 0 aliphatic carbocycles. The maximum atomic E-state index is 13.8. The fourth-order valence-corrected chi connectivity index (χ4v) is 5.83. The number of hydrogen-bond donors (Lipinski definition) is 0.